The molecular weight excluding hydrogens is 232 g/mol. The summed E-state index contributed by atoms with van der Waals surface area (Å²) in [5.41, 5.74) is 1.23. The number of rotatable bonds is 3. The van der Waals surface area contributed by atoms with Gasteiger partial charge in [0, 0.05) is 18.0 Å². The molecule has 0 bridgehead atoms. The van der Waals surface area contributed by atoms with Gasteiger partial charge in [-0.1, -0.05) is 0 Å². The fourth-order valence-corrected chi connectivity index (χ4v) is 3.31. The number of hydrogen-bond acceptors (Lipinski definition) is 3. The largest absolute Gasteiger partial charge is 0.338 e. The Balaban J connectivity index is 2.02. The van der Waals surface area contributed by atoms with Crippen LogP contribution in [0.4, 0.5) is 0 Å². The highest BCUT2D eigenvalue weighted by Gasteiger charge is 2.27. The predicted octanol–water partition coefficient (Wildman–Crippen LogP) is 2.05. The summed E-state index contributed by atoms with van der Waals surface area (Å²) in [5, 5.41) is 3.19. The van der Waals surface area contributed by atoms with E-state index in [1.165, 1.54) is 10.4 Å². The molecule has 3 nitrogen and oxygen atoms in total. The molecular formula is C13H20N2OS. The minimum Gasteiger partial charge on any atom is -0.338 e. The van der Waals surface area contributed by atoms with E-state index in [1.807, 2.05) is 18.0 Å². The van der Waals surface area contributed by atoms with E-state index in [0.717, 1.165) is 30.9 Å². The van der Waals surface area contributed by atoms with Crippen LogP contribution in [0.1, 0.15) is 26.5 Å². The van der Waals surface area contributed by atoms with Gasteiger partial charge in [0.25, 0.3) is 5.91 Å². The maximum absolute atomic E-state index is 12.3. The fraction of sp³-hybridized carbons (Fsp3) is 0.615. The minimum atomic E-state index is 0.213. The highest BCUT2D eigenvalue weighted by Crippen LogP contribution is 2.24. The van der Waals surface area contributed by atoms with Crippen LogP contribution in [0.3, 0.4) is 0 Å². The zero-order valence-corrected chi connectivity index (χ0v) is 11.6. The van der Waals surface area contributed by atoms with E-state index in [-0.39, 0.29) is 5.91 Å². The lowest BCUT2D eigenvalue weighted by atomic mass is 10.1. The lowest BCUT2D eigenvalue weighted by Gasteiger charge is -2.15. The SMILES string of the molecule is CNCC1CCN(C(=O)c2cc(C)c(C)s2)C1. The Kier molecular flexibility index (Phi) is 3.84. The predicted molar refractivity (Wildman–Crippen MR) is 71.7 cm³/mol. The second-order valence-corrected chi connectivity index (χ2v) is 6.07. The molecule has 0 aromatic carbocycles. The van der Waals surface area contributed by atoms with Crippen molar-refractivity contribution in [3.63, 3.8) is 0 Å². The second kappa shape index (κ2) is 5.19. The molecule has 1 aromatic rings. The molecule has 0 saturated carbocycles. The molecule has 94 valence electrons. The zero-order valence-electron chi connectivity index (χ0n) is 10.7. The summed E-state index contributed by atoms with van der Waals surface area (Å²) < 4.78 is 0. The molecule has 1 aliphatic rings. The number of nitrogens with one attached hydrogen (secondary N) is 1. The van der Waals surface area contributed by atoms with Gasteiger partial charge in [-0.25, -0.2) is 0 Å². The Bertz CT molecular complexity index is 394. The van der Waals surface area contributed by atoms with E-state index >= 15 is 0 Å². The van der Waals surface area contributed by atoms with Crippen molar-refractivity contribution in [3.05, 3.63) is 21.4 Å². The van der Waals surface area contributed by atoms with E-state index < -0.39 is 0 Å². The number of amides is 1. The third-order valence-corrected chi connectivity index (χ3v) is 4.58. The first-order valence-electron chi connectivity index (χ1n) is 6.12. The van der Waals surface area contributed by atoms with Gasteiger partial charge in [-0.05, 0) is 51.4 Å². The van der Waals surface area contributed by atoms with Crippen LogP contribution < -0.4 is 5.32 Å². The molecule has 1 unspecified atom stereocenters. The fourth-order valence-electron chi connectivity index (χ4n) is 2.31. The van der Waals surface area contributed by atoms with Gasteiger partial charge in [0.2, 0.25) is 0 Å². The maximum atomic E-state index is 12.3. The molecule has 1 amide bonds. The average molecular weight is 252 g/mol. The van der Waals surface area contributed by atoms with Gasteiger partial charge >= 0.3 is 0 Å². The van der Waals surface area contributed by atoms with Gasteiger partial charge in [0.05, 0.1) is 4.88 Å². The Hall–Kier alpha value is -0.870. The molecule has 2 heterocycles. The lowest BCUT2D eigenvalue weighted by molar-refractivity contribution is 0.0792. The van der Waals surface area contributed by atoms with Crippen molar-refractivity contribution in [1.82, 2.24) is 10.2 Å². The van der Waals surface area contributed by atoms with Gasteiger partial charge in [0.15, 0.2) is 0 Å². The molecule has 4 heteroatoms. The van der Waals surface area contributed by atoms with E-state index in [9.17, 15) is 4.79 Å². The second-order valence-electron chi connectivity index (χ2n) is 4.81. The van der Waals surface area contributed by atoms with Crippen molar-refractivity contribution in [3.8, 4) is 0 Å². The van der Waals surface area contributed by atoms with E-state index in [2.05, 4.69) is 19.2 Å². The molecule has 1 aliphatic heterocycles. The Morgan fingerprint density at radius 1 is 1.59 bits per heavy atom. The summed E-state index contributed by atoms with van der Waals surface area (Å²) in [6.07, 6.45) is 1.12. The first kappa shape index (κ1) is 12.6. The molecule has 1 saturated heterocycles. The van der Waals surface area contributed by atoms with Crippen molar-refractivity contribution >= 4 is 17.2 Å². The number of carbonyl (C=O) groups is 1. The first-order chi connectivity index (χ1) is 8.11. The van der Waals surface area contributed by atoms with Crippen molar-refractivity contribution in [2.45, 2.75) is 20.3 Å². The molecule has 2 rings (SSSR count). The van der Waals surface area contributed by atoms with Gasteiger partial charge in [-0.3, -0.25) is 4.79 Å². The molecule has 1 aromatic heterocycles. The summed E-state index contributed by atoms with van der Waals surface area (Å²) >= 11 is 1.62. The summed E-state index contributed by atoms with van der Waals surface area (Å²) in [7, 11) is 1.97. The number of likely N-dealkylation sites (tertiary alicyclic amines) is 1. The normalized spacial score (nSPS) is 19.9. The molecule has 0 radical (unpaired) electrons. The molecule has 1 atom stereocenters. The van der Waals surface area contributed by atoms with Crippen LogP contribution in [0, 0.1) is 19.8 Å². The van der Waals surface area contributed by atoms with Crippen LogP contribution in [0.15, 0.2) is 6.07 Å². The van der Waals surface area contributed by atoms with E-state index in [1.54, 1.807) is 11.3 Å². The Morgan fingerprint density at radius 2 is 2.35 bits per heavy atom. The molecule has 1 N–H and O–H groups in total. The number of thiophene rings is 1. The first-order valence-corrected chi connectivity index (χ1v) is 6.94. The van der Waals surface area contributed by atoms with Gasteiger partial charge < -0.3 is 10.2 Å². The average Bonchev–Trinajstić information content (AvgIpc) is 2.87. The summed E-state index contributed by atoms with van der Waals surface area (Å²) in [6, 6.07) is 2.02. The topological polar surface area (TPSA) is 32.3 Å². The van der Waals surface area contributed by atoms with Crippen LogP contribution in [0.5, 0.6) is 0 Å². The van der Waals surface area contributed by atoms with E-state index in [4.69, 9.17) is 0 Å². The Morgan fingerprint density at radius 3 is 2.94 bits per heavy atom. The monoisotopic (exact) mass is 252 g/mol. The molecule has 17 heavy (non-hydrogen) atoms. The van der Waals surface area contributed by atoms with Crippen LogP contribution in [-0.4, -0.2) is 37.5 Å². The number of nitrogens with zero attached hydrogens (tertiary/aromatic N) is 1. The van der Waals surface area contributed by atoms with Crippen LogP contribution in [0.25, 0.3) is 0 Å². The minimum absolute atomic E-state index is 0.213. The number of aryl methyl sites for hydroxylation is 2. The molecule has 0 aliphatic carbocycles. The quantitative estimate of drug-likeness (QED) is 0.893. The third kappa shape index (κ3) is 2.69. The van der Waals surface area contributed by atoms with Gasteiger partial charge in [-0.15, -0.1) is 11.3 Å². The zero-order chi connectivity index (χ0) is 12.4. The molecule has 0 spiro atoms. The van der Waals surface area contributed by atoms with Crippen molar-refractivity contribution in [1.29, 1.82) is 0 Å². The maximum Gasteiger partial charge on any atom is 0.263 e. The highest BCUT2D eigenvalue weighted by molar-refractivity contribution is 7.14. The van der Waals surface area contributed by atoms with Crippen LogP contribution in [0.2, 0.25) is 0 Å². The van der Waals surface area contributed by atoms with Crippen molar-refractivity contribution in [2.75, 3.05) is 26.7 Å². The Labute approximate surface area is 107 Å². The van der Waals surface area contributed by atoms with Crippen molar-refractivity contribution < 1.29 is 4.79 Å². The van der Waals surface area contributed by atoms with E-state index in [0.29, 0.717) is 5.92 Å². The van der Waals surface area contributed by atoms with Crippen LogP contribution >= 0.6 is 11.3 Å². The summed E-state index contributed by atoms with van der Waals surface area (Å²) in [6.45, 7) is 6.95. The van der Waals surface area contributed by atoms with Gasteiger partial charge in [0.1, 0.15) is 0 Å². The van der Waals surface area contributed by atoms with Crippen molar-refractivity contribution in [2.24, 2.45) is 5.92 Å². The third-order valence-electron chi connectivity index (χ3n) is 3.44. The van der Waals surface area contributed by atoms with Gasteiger partial charge in [-0.2, -0.15) is 0 Å². The smallest absolute Gasteiger partial charge is 0.263 e. The standard InChI is InChI=1S/C13H20N2OS/c1-9-6-12(17-10(9)2)13(16)15-5-4-11(8-15)7-14-3/h6,11,14H,4-5,7-8H2,1-3H3. The lowest BCUT2D eigenvalue weighted by Crippen LogP contribution is -2.29. The number of carbonyl (C=O) groups excluding carboxylic acids is 1. The highest BCUT2D eigenvalue weighted by atomic mass is 32.1. The summed E-state index contributed by atoms with van der Waals surface area (Å²) in [4.78, 5) is 16.4. The summed E-state index contributed by atoms with van der Waals surface area (Å²) in [5.74, 6) is 0.830. The molecule has 1 fully saturated rings. The number of hydrogen-bond donors (Lipinski definition) is 1. The van der Waals surface area contributed by atoms with Crippen LogP contribution in [-0.2, 0) is 0 Å².